The summed E-state index contributed by atoms with van der Waals surface area (Å²) in [7, 11) is 0. The van der Waals surface area contributed by atoms with Crippen LogP contribution < -0.4 is 16.2 Å². The van der Waals surface area contributed by atoms with Gasteiger partial charge in [0.1, 0.15) is 5.82 Å². The third-order valence-corrected chi connectivity index (χ3v) is 2.32. The molecule has 20 heavy (non-hydrogen) atoms. The molecule has 0 bridgehead atoms. The zero-order valence-corrected chi connectivity index (χ0v) is 11.5. The molecule has 0 unspecified atom stereocenters. The summed E-state index contributed by atoms with van der Waals surface area (Å²) in [6.07, 6.45) is 0. The lowest BCUT2D eigenvalue weighted by atomic mass is 10.2. The lowest BCUT2D eigenvalue weighted by molar-refractivity contribution is -0.139. The van der Waals surface area contributed by atoms with Gasteiger partial charge in [-0.25, -0.2) is 4.39 Å². The zero-order valence-electron chi connectivity index (χ0n) is 10.8. The highest BCUT2D eigenvalue weighted by Crippen LogP contribution is 2.14. The van der Waals surface area contributed by atoms with Crippen LogP contribution in [-0.2, 0) is 9.59 Å². The molecular weight excluding hydrogens is 289 g/mol. The van der Waals surface area contributed by atoms with E-state index in [1.165, 1.54) is 6.07 Å². The van der Waals surface area contributed by atoms with Gasteiger partial charge in [-0.2, -0.15) is 0 Å². The van der Waals surface area contributed by atoms with E-state index in [9.17, 15) is 18.8 Å². The van der Waals surface area contributed by atoms with Gasteiger partial charge in [0.15, 0.2) is 0 Å². The maximum Gasteiger partial charge on any atom is 0.327 e. The van der Waals surface area contributed by atoms with E-state index in [4.69, 9.17) is 11.6 Å². The molecule has 0 aliphatic heterocycles. The van der Waals surface area contributed by atoms with Gasteiger partial charge in [0, 0.05) is 11.1 Å². The number of carbonyl (C=O) groups excluding carboxylic acids is 3. The summed E-state index contributed by atoms with van der Waals surface area (Å²) < 4.78 is 13.4. The van der Waals surface area contributed by atoms with Gasteiger partial charge in [-0.15, -0.1) is 0 Å². The summed E-state index contributed by atoms with van der Waals surface area (Å²) >= 11 is 5.63. The van der Waals surface area contributed by atoms with Crippen LogP contribution in [0.2, 0.25) is 5.02 Å². The molecule has 1 aromatic carbocycles. The van der Waals surface area contributed by atoms with Gasteiger partial charge >= 0.3 is 11.8 Å². The van der Waals surface area contributed by atoms with E-state index < -0.39 is 23.5 Å². The Hall–Kier alpha value is -2.15. The molecule has 1 rings (SSSR count). The summed E-state index contributed by atoms with van der Waals surface area (Å²) in [5.41, 5.74) is 3.45. The van der Waals surface area contributed by atoms with Crippen molar-refractivity contribution in [1.82, 2.24) is 16.2 Å². The molecule has 0 saturated carbocycles. The fraction of sp³-hybridized carbons (Fsp3) is 0.250. The second kappa shape index (κ2) is 6.85. The maximum atomic E-state index is 13.4. The van der Waals surface area contributed by atoms with Gasteiger partial charge in [-0.3, -0.25) is 25.2 Å². The number of halogens is 2. The number of hydrazine groups is 1. The Morgan fingerprint density at radius 3 is 2.40 bits per heavy atom. The van der Waals surface area contributed by atoms with E-state index >= 15 is 0 Å². The van der Waals surface area contributed by atoms with Crippen LogP contribution in [0.4, 0.5) is 4.39 Å². The molecule has 0 aliphatic rings. The molecule has 1 aromatic rings. The second-order valence-corrected chi connectivity index (χ2v) is 4.60. The van der Waals surface area contributed by atoms with Crippen molar-refractivity contribution in [1.29, 1.82) is 0 Å². The van der Waals surface area contributed by atoms with Crippen molar-refractivity contribution in [2.75, 3.05) is 0 Å². The van der Waals surface area contributed by atoms with Crippen molar-refractivity contribution < 1.29 is 18.8 Å². The molecular formula is C12H13ClFN3O3. The van der Waals surface area contributed by atoms with Crippen LogP contribution >= 0.6 is 11.6 Å². The average molecular weight is 302 g/mol. The quantitative estimate of drug-likeness (QED) is 0.557. The first-order chi connectivity index (χ1) is 9.31. The minimum absolute atomic E-state index is 0.167. The fourth-order valence-corrected chi connectivity index (χ4v) is 1.41. The highest BCUT2D eigenvalue weighted by molar-refractivity contribution is 6.35. The smallest absolute Gasteiger partial charge is 0.327 e. The lowest BCUT2D eigenvalue weighted by Crippen LogP contribution is -2.49. The molecule has 3 amide bonds. The van der Waals surface area contributed by atoms with Crippen LogP contribution in [0.5, 0.6) is 0 Å². The Balaban J connectivity index is 2.61. The second-order valence-electron chi connectivity index (χ2n) is 4.16. The number of carbonyl (C=O) groups is 3. The summed E-state index contributed by atoms with van der Waals surface area (Å²) in [5.74, 6) is -3.69. The third-order valence-electron chi connectivity index (χ3n) is 2.09. The van der Waals surface area contributed by atoms with E-state index in [-0.39, 0.29) is 16.6 Å². The van der Waals surface area contributed by atoms with Gasteiger partial charge < -0.3 is 5.32 Å². The highest BCUT2D eigenvalue weighted by atomic mass is 35.5. The third kappa shape index (κ3) is 4.51. The number of hydrogen-bond donors (Lipinski definition) is 3. The highest BCUT2D eigenvalue weighted by Gasteiger charge is 2.17. The number of amides is 3. The Morgan fingerprint density at radius 2 is 1.80 bits per heavy atom. The van der Waals surface area contributed by atoms with Crippen LogP contribution in [0.3, 0.4) is 0 Å². The normalized spacial score (nSPS) is 10.1. The minimum atomic E-state index is -1.06. The molecule has 0 atom stereocenters. The Kier molecular flexibility index (Phi) is 5.45. The first-order valence-electron chi connectivity index (χ1n) is 5.67. The molecule has 0 spiro atoms. The van der Waals surface area contributed by atoms with Crippen molar-refractivity contribution in [3.8, 4) is 0 Å². The Labute approximate surface area is 119 Å². The standard InChI is InChI=1S/C12H13ClFN3O3/c1-6(2)15-11(19)12(20)17-16-10(18)8-5-7(13)3-4-9(8)14/h3-6H,1-2H3,(H,15,19)(H,16,18)(H,17,20). The zero-order chi connectivity index (χ0) is 15.3. The van der Waals surface area contributed by atoms with Crippen molar-refractivity contribution in [2.24, 2.45) is 0 Å². The number of benzene rings is 1. The molecule has 108 valence electrons. The van der Waals surface area contributed by atoms with E-state index in [0.717, 1.165) is 12.1 Å². The number of rotatable bonds is 2. The Morgan fingerprint density at radius 1 is 1.15 bits per heavy atom. The van der Waals surface area contributed by atoms with Crippen LogP contribution in [0.15, 0.2) is 18.2 Å². The molecule has 3 N–H and O–H groups in total. The van der Waals surface area contributed by atoms with Gasteiger partial charge in [0.25, 0.3) is 5.91 Å². The molecule has 6 nitrogen and oxygen atoms in total. The van der Waals surface area contributed by atoms with Crippen LogP contribution in [0.25, 0.3) is 0 Å². The summed E-state index contributed by atoms with van der Waals surface area (Å²) in [4.78, 5) is 34.2. The molecule has 0 radical (unpaired) electrons. The summed E-state index contributed by atoms with van der Waals surface area (Å²) in [6, 6.07) is 3.17. The topological polar surface area (TPSA) is 87.3 Å². The number of hydrogen-bond acceptors (Lipinski definition) is 3. The molecule has 0 aliphatic carbocycles. The summed E-state index contributed by atoms with van der Waals surface area (Å²) in [6.45, 7) is 3.34. The Bertz CT molecular complexity index is 549. The number of nitrogens with one attached hydrogen (secondary N) is 3. The SMILES string of the molecule is CC(C)NC(=O)C(=O)NNC(=O)c1cc(Cl)ccc1F. The van der Waals surface area contributed by atoms with Crippen molar-refractivity contribution in [3.63, 3.8) is 0 Å². The van der Waals surface area contributed by atoms with E-state index in [2.05, 4.69) is 5.32 Å². The predicted molar refractivity (Wildman–Crippen MR) is 70.3 cm³/mol. The van der Waals surface area contributed by atoms with Gasteiger partial charge in [-0.05, 0) is 32.0 Å². The first kappa shape index (κ1) is 15.9. The van der Waals surface area contributed by atoms with Crippen molar-refractivity contribution in [3.05, 3.63) is 34.6 Å². The fourth-order valence-electron chi connectivity index (χ4n) is 1.24. The van der Waals surface area contributed by atoms with Gasteiger partial charge in [0.2, 0.25) is 0 Å². The van der Waals surface area contributed by atoms with Crippen LogP contribution in [0.1, 0.15) is 24.2 Å². The predicted octanol–water partition coefficient (Wildman–Crippen LogP) is 0.765. The first-order valence-corrected chi connectivity index (χ1v) is 6.05. The maximum absolute atomic E-state index is 13.4. The molecule has 8 heteroatoms. The monoisotopic (exact) mass is 301 g/mol. The van der Waals surface area contributed by atoms with E-state index in [0.29, 0.717) is 0 Å². The molecule has 0 saturated heterocycles. The molecule has 0 fully saturated rings. The van der Waals surface area contributed by atoms with Crippen molar-refractivity contribution in [2.45, 2.75) is 19.9 Å². The van der Waals surface area contributed by atoms with E-state index in [1.807, 2.05) is 10.9 Å². The largest absolute Gasteiger partial charge is 0.346 e. The van der Waals surface area contributed by atoms with Crippen LogP contribution in [-0.4, -0.2) is 23.8 Å². The average Bonchev–Trinajstić information content (AvgIpc) is 2.37. The molecule has 0 aromatic heterocycles. The van der Waals surface area contributed by atoms with Crippen LogP contribution in [0, 0.1) is 5.82 Å². The van der Waals surface area contributed by atoms with Crippen molar-refractivity contribution >= 4 is 29.3 Å². The van der Waals surface area contributed by atoms with Gasteiger partial charge in [0.05, 0.1) is 5.56 Å². The summed E-state index contributed by atoms with van der Waals surface area (Å²) in [5, 5.41) is 2.50. The molecule has 0 heterocycles. The lowest BCUT2D eigenvalue weighted by Gasteiger charge is -2.10. The minimum Gasteiger partial charge on any atom is -0.346 e. The van der Waals surface area contributed by atoms with Gasteiger partial charge in [-0.1, -0.05) is 11.6 Å². The van der Waals surface area contributed by atoms with E-state index in [1.54, 1.807) is 13.8 Å².